The zero-order chi connectivity index (χ0) is 31.0. The fraction of sp³-hybridized carbons (Fsp3) is 0.257. The molecule has 0 saturated heterocycles. The Morgan fingerprint density at radius 3 is 2.00 bits per heavy atom. The van der Waals surface area contributed by atoms with Crippen molar-refractivity contribution in [3.63, 3.8) is 0 Å². The van der Waals surface area contributed by atoms with Gasteiger partial charge in [-0.1, -0.05) is 74.5 Å². The maximum atomic E-state index is 11.7. The van der Waals surface area contributed by atoms with E-state index < -0.39 is 25.2 Å². The first-order valence-corrected chi connectivity index (χ1v) is 14.1. The molecule has 43 heavy (non-hydrogen) atoms. The van der Waals surface area contributed by atoms with Gasteiger partial charge in [-0.25, -0.2) is 14.5 Å². The molecule has 3 aromatic rings. The van der Waals surface area contributed by atoms with Gasteiger partial charge in [-0.15, -0.1) is 6.58 Å². The summed E-state index contributed by atoms with van der Waals surface area (Å²) >= 11 is 0. The standard InChI is InChI=1S/C35H38O8/c1-4-5-6-7-8-9-10-30-21-29(27-11-16-31(17-12-27)40-24-41-34(38)25(2)22-36)15-20-33(30)28-13-18-32(19-14-28)42-43-35(39)26(3)23-37/h4,11-21,36-37H,1-3,5-10,22-24H2. The highest BCUT2D eigenvalue weighted by Crippen LogP contribution is 2.32. The van der Waals surface area contributed by atoms with E-state index in [1.165, 1.54) is 5.56 Å². The van der Waals surface area contributed by atoms with Crippen LogP contribution < -0.4 is 9.62 Å². The Kier molecular flexibility index (Phi) is 13.2. The molecule has 0 amide bonds. The third kappa shape index (κ3) is 10.3. The molecule has 0 aliphatic heterocycles. The smallest absolute Gasteiger partial charge is 0.383 e. The minimum atomic E-state index is -0.829. The number of hydrogen-bond acceptors (Lipinski definition) is 8. The van der Waals surface area contributed by atoms with Crippen molar-refractivity contribution in [2.75, 3.05) is 20.0 Å². The lowest BCUT2D eigenvalue weighted by molar-refractivity contribution is -0.209. The molecule has 0 aliphatic rings. The summed E-state index contributed by atoms with van der Waals surface area (Å²) in [6.45, 7) is 9.37. The van der Waals surface area contributed by atoms with Gasteiger partial charge in [-0.05, 0) is 77.8 Å². The molecular formula is C35H38O8. The molecule has 2 N–H and O–H groups in total. The number of hydrogen-bond donors (Lipinski definition) is 2. The first-order chi connectivity index (χ1) is 20.9. The van der Waals surface area contributed by atoms with Crippen LogP contribution in [0.2, 0.25) is 0 Å². The van der Waals surface area contributed by atoms with E-state index in [0.717, 1.165) is 60.8 Å². The number of carbonyl (C=O) groups excluding carboxylic acids is 2. The molecule has 0 spiro atoms. The van der Waals surface area contributed by atoms with Gasteiger partial charge in [0.15, 0.2) is 5.75 Å². The van der Waals surface area contributed by atoms with E-state index in [0.29, 0.717) is 11.5 Å². The quantitative estimate of drug-likeness (QED) is 0.0330. The van der Waals surface area contributed by atoms with Crippen molar-refractivity contribution in [1.29, 1.82) is 0 Å². The van der Waals surface area contributed by atoms with Crippen LogP contribution in [0.4, 0.5) is 0 Å². The van der Waals surface area contributed by atoms with Gasteiger partial charge in [0.2, 0.25) is 6.79 Å². The monoisotopic (exact) mass is 586 g/mol. The normalized spacial score (nSPS) is 10.5. The minimum Gasteiger partial charge on any atom is -0.457 e. The number of ether oxygens (including phenoxy) is 2. The van der Waals surface area contributed by atoms with E-state index in [1.807, 2.05) is 30.3 Å². The molecule has 0 atom stereocenters. The average Bonchev–Trinajstić information content (AvgIpc) is 3.04. The van der Waals surface area contributed by atoms with Gasteiger partial charge >= 0.3 is 11.9 Å². The highest BCUT2D eigenvalue weighted by molar-refractivity contribution is 5.88. The number of aliphatic hydroxyl groups is 2. The molecule has 226 valence electrons. The Bertz CT molecular complexity index is 1390. The number of unbranched alkanes of at least 4 members (excludes halogenated alkanes) is 4. The highest BCUT2D eigenvalue weighted by atomic mass is 17.2. The van der Waals surface area contributed by atoms with Crippen LogP contribution in [0.5, 0.6) is 11.5 Å². The second-order valence-corrected chi connectivity index (χ2v) is 9.83. The second-order valence-electron chi connectivity index (χ2n) is 9.83. The molecule has 0 aromatic heterocycles. The zero-order valence-corrected chi connectivity index (χ0v) is 24.3. The average molecular weight is 587 g/mol. The molecule has 3 rings (SSSR count). The zero-order valence-electron chi connectivity index (χ0n) is 24.3. The van der Waals surface area contributed by atoms with Gasteiger partial charge in [0, 0.05) is 0 Å². The predicted octanol–water partition coefficient (Wildman–Crippen LogP) is 6.51. The third-order valence-electron chi connectivity index (χ3n) is 6.65. The van der Waals surface area contributed by atoms with Crippen molar-refractivity contribution in [2.45, 2.75) is 38.5 Å². The Hall–Kier alpha value is -4.66. The van der Waals surface area contributed by atoms with E-state index in [1.54, 1.807) is 24.3 Å². The molecule has 8 heteroatoms. The van der Waals surface area contributed by atoms with Crippen LogP contribution in [0, 0.1) is 0 Å². The molecule has 0 unspecified atom stereocenters. The maximum absolute atomic E-state index is 11.7. The highest BCUT2D eigenvalue weighted by Gasteiger charge is 2.12. The number of allylic oxidation sites excluding steroid dienone is 1. The largest absolute Gasteiger partial charge is 0.457 e. The summed E-state index contributed by atoms with van der Waals surface area (Å²) in [5, 5.41) is 17.9. The van der Waals surface area contributed by atoms with Crippen molar-refractivity contribution >= 4 is 11.9 Å². The summed E-state index contributed by atoms with van der Waals surface area (Å²) in [6.07, 6.45) is 8.35. The topological polar surface area (TPSA) is 112 Å². The number of rotatable bonds is 18. The number of benzene rings is 3. The lowest BCUT2D eigenvalue weighted by Crippen LogP contribution is -2.13. The molecule has 0 saturated carbocycles. The molecule has 8 nitrogen and oxygen atoms in total. The van der Waals surface area contributed by atoms with Crippen molar-refractivity contribution in [2.24, 2.45) is 0 Å². The van der Waals surface area contributed by atoms with Gasteiger partial charge in [-0.3, -0.25) is 4.89 Å². The van der Waals surface area contributed by atoms with Crippen molar-refractivity contribution in [3.05, 3.63) is 109 Å². The molecular weight excluding hydrogens is 548 g/mol. The Balaban J connectivity index is 1.74. The van der Waals surface area contributed by atoms with E-state index in [-0.39, 0.29) is 17.9 Å². The fourth-order valence-corrected chi connectivity index (χ4v) is 4.18. The Labute approximate surface area is 252 Å². The predicted molar refractivity (Wildman–Crippen MR) is 165 cm³/mol. The Morgan fingerprint density at radius 2 is 1.33 bits per heavy atom. The summed E-state index contributed by atoms with van der Waals surface area (Å²) in [5.41, 5.74) is 5.22. The maximum Gasteiger partial charge on any atom is 0.383 e. The SMILES string of the molecule is C=CCCCCCCc1cc(-c2ccc(OCOC(=O)C(=C)CO)cc2)ccc1-c1ccc(OOC(=O)C(=C)CO)cc1. The van der Waals surface area contributed by atoms with Gasteiger partial charge < -0.3 is 19.7 Å². The van der Waals surface area contributed by atoms with Crippen LogP contribution in [0.25, 0.3) is 22.3 Å². The van der Waals surface area contributed by atoms with Crippen LogP contribution in [-0.4, -0.2) is 42.2 Å². The van der Waals surface area contributed by atoms with Crippen LogP contribution in [0.15, 0.2) is 104 Å². The van der Waals surface area contributed by atoms with E-state index in [2.05, 4.69) is 37.9 Å². The lowest BCUT2D eigenvalue weighted by atomic mass is 9.92. The number of carbonyl (C=O) groups is 2. The van der Waals surface area contributed by atoms with Crippen molar-refractivity contribution in [3.8, 4) is 33.8 Å². The second kappa shape index (κ2) is 17.3. The fourth-order valence-electron chi connectivity index (χ4n) is 4.18. The summed E-state index contributed by atoms with van der Waals surface area (Å²) in [4.78, 5) is 33.1. The van der Waals surface area contributed by atoms with Crippen LogP contribution in [0.3, 0.4) is 0 Å². The lowest BCUT2D eigenvalue weighted by Gasteiger charge is -2.14. The van der Waals surface area contributed by atoms with E-state index in [9.17, 15) is 9.59 Å². The van der Waals surface area contributed by atoms with Crippen LogP contribution in [0.1, 0.15) is 37.7 Å². The molecule has 0 aliphatic carbocycles. The Morgan fingerprint density at radius 1 is 0.721 bits per heavy atom. The van der Waals surface area contributed by atoms with Gasteiger partial charge in [0.25, 0.3) is 0 Å². The number of esters is 1. The van der Waals surface area contributed by atoms with Crippen LogP contribution in [-0.2, 0) is 25.6 Å². The molecule has 0 radical (unpaired) electrons. The molecule has 0 heterocycles. The summed E-state index contributed by atoms with van der Waals surface area (Å²) in [5.74, 6) is -0.651. The van der Waals surface area contributed by atoms with Gasteiger partial charge in [0.1, 0.15) is 5.75 Å². The van der Waals surface area contributed by atoms with Gasteiger partial charge in [0.05, 0.1) is 24.4 Å². The summed E-state index contributed by atoms with van der Waals surface area (Å²) in [7, 11) is 0. The number of aliphatic hydroxyl groups excluding tert-OH is 2. The summed E-state index contributed by atoms with van der Waals surface area (Å²) in [6, 6.07) is 21.1. The first-order valence-electron chi connectivity index (χ1n) is 14.1. The minimum absolute atomic E-state index is 0.0365. The van der Waals surface area contributed by atoms with E-state index >= 15 is 0 Å². The van der Waals surface area contributed by atoms with E-state index in [4.69, 9.17) is 29.5 Å². The third-order valence-corrected chi connectivity index (χ3v) is 6.65. The molecule has 3 aromatic carbocycles. The first kappa shape index (κ1) is 32.8. The van der Waals surface area contributed by atoms with Crippen molar-refractivity contribution < 1.29 is 39.1 Å². The van der Waals surface area contributed by atoms with Gasteiger partial charge in [-0.2, -0.15) is 0 Å². The molecule has 0 bridgehead atoms. The number of aryl methyl sites for hydroxylation is 1. The molecule has 0 fully saturated rings. The van der Waals surface area contributed by atoms with Crippen LogP contribution >= 0.6 is 0 Å². The summed E-state index contributed by atoms with van der Waals surface area (Å²) < 4.78 is 10.4. The van der Waals surface area contributed by atoms with Crippen molar-refractivity contribution in [1.82, 2.24) is 0 Å².